The fourth-order valence-electron chi connectivity index (χ4n) is 1.89. The van der Waals surface area contributed by atoms with E-state index in [1.54, 1.807) is 0 Å². The maximum Gasteiger partial charge on any atom is 0.292 e. The molecule has 0 radical (unpaired) electrons. The first-order chi connectivity index (χ1) is 7.43. The highest BCUT2D eigenvalue weighted by atomic mass is 16.4. The van der Waals surface area contributed by atoms with Crippen LogP contribution < -0.4 is 5.73 Å². The van der Waals surface area contributed by atoms with Crippen molar-refractivity contribution >= 4 is 17.1 Å². The van der Waals surface area contributed by atoms with Gasteiger partial charge in [0.15, 0.2) is 5.58 Å². The Labute approximate surface area is 94.7 Å². The van der Waals surface area contributed by atoms with Crippen LogP contribution in [0, 0.1) is 12.3 Å². The Balaban J connectivity index is 2.90. The molecule has 2 rings (SSSR count). The molecule has 2 N–H and O–H groups in total. The van der Waals surface area contributed by atoms with Gasteiger partial charge < -0.3 is 10.2 Å². The van der Waals surface area contributed by atoms with Crippen molar-refractivity contribution in [3.05, 3.63) is 23.3 Å². The largest absolute Gasteiger partial charge is 0.424 e. The maximum atomic E-state index is 5.56. The van der Waals surface area contributed by atoms with Gasteiger partial charge in [-0.1, -0.05) is 26.7 Å². The Morgan fingerprint density at radius 1 is 1.38 bits per heavy atom. The van der Waals surface area contributed by atoms with Crippen molar-refractivity contribution in [2.45, 2.75) is 26.2 Å². The molecule has 0 unspecified atom stereocenters. The van der Waals surface area contributed by atoms with Gasteiger partial charge in [-0.2, -0.15) is 4.98 Å². The number of fused-ring (bicyclic) bond motifs is 1. The predicted molar refractivity (Wildman–Crippen MR) is 65.1 cm³/mol. The molecule has 0 aliphatic carbocycles. The summed E-state index contributed by atoms with van der Waals surface area (Å²) in [7, 11) is 0. The van der Waals surface area contributed by atoms with Crippen molar-refractivity contribution in [1.82, 2.24) is 4.98 Å². The third-order valence-corrected chi connectivity index (χ3v) is 2.48. The van der Waals surface area contributed by atoms with Crippen molar-refractivity contribution in [2.75, 3.05) is 5.73 Å². The van der Waals surface area contributed by atoms with E-state index in [0.29, 0.717) is 5.58 Å². The molecule has 82 valence electrons. The summed E-state index contributed by atoms with van der Waals surface area (Å²) in [4.78, 5) is 4.20. The Kier molecular flexibility index (Phi) is 2.16. The molecule has 0 aliphatic heterocycles. The van der Waals surface area contributed by atoms with Gasteiger partial charge in [-0.3, -0.25) is 0 Å². The zero-order valence-electron chi connectivity index (χ0n) is 9.66. The summed E-state index contributed by atoms with van der Waals surface area (Å²) in [6.45, 7) is 6.27. The molecule has 0 saturated carbocycles. The molecule has 0 aliphatic rings. The molecule has 0 bridgehead atoms. The Hall–Kier alpha value is -1.95. The molecule has 3 heteroatoms. The second-order valence-electron chi connectivity index (χ2n) is 4.78. The topological polar surface area (TPSA) is 52.0 Å². The number of hydrogen-bond donors (Lipinski definition) is 1. The van der Waals surface area contributed by atoms with Gasteiger partial charge in [-0.05, 0) is 17.5 Å². The van der Waals surface area contributed by atoms with Crippen molar-refractivity contribution in [3.63, 3.8) is 0 Å². The van der Waals surface area contributed by atoms with Crippen LogP contribution in [0.4, 0.5) is 6.01 Å². The fourth-order valence-corrected chi connectivity index (χ4v) is 1.89. The highest BCUT2D eigenvalue weighted by Crippen LogP contribution is 2.33. The molecule has 3 nitrogen and oxygen atoms in total. The van der Waals surface area contributed by atoms with Gasteiger partial charge in [-0.15, -0.1) is 6.42 Å². The maximum absolute atomic E-state index is 5.56. The minimum atomic E-state index is -0.0927. The SMILES string of the molecule is C#Cc1ccc2oc(N)nc2c1C(C)(C)C. The molecule has 0 amide bonds. The highest BCUT2D eigenvalue weighted by Gasteiger charge is 2.23. The number of hydrogen-bond acceptors (Lipinski definition) is 3. The van der Waals surface area contributed by atoms with E-state index < -0.39 is 0 Å². The summed E-state index contributed by atoms with van der Waals surface area (Å²) in [6, 6.07) is 3.85. The molecule has 16 heavy (non-hydrogen) atoms. The number of rotatable bonds is 0. The first-order valence-electron chi connectivity index (χ1n) is 5.09. The molecule has 0 spiro atoms. The first kappa shape index (κ1) is 10.6. The molecule has 1 aromatic carbocycles. The zero-order valence-corrected chi connectivity index (χ0v) is 9.66. The number of terminal acetylenes is 1. The van der Waals surface area contributed by atoms with Crippen molar-refractivity contribution in [3.8, 4) is 12.3 Å². The van der Waals surface area contributed by atoms with Crippen LogP contribution in [0.1, 0.15) is 31.9 Å². The van der Waals surface area contributed by atoms with E-state index >= 15 is 0 Å². The first-order valence-corrected chi connectivity index (χ1v) is 5.09. The van der Waals surface area contributed by atoms with Gasteiger partial charge in [0.05, 0.1) is 0 Å². The number of aromatic nitrogens is 1. The summed E-state index contributed by atoms with van der Waals surface area (Å²) in [5.41, 5.74) is 8.77. The Morgan fingerprint density at radius 2 is 2.06 bits per heavy atom. The van der Waals surface area contributed by atoms with Gasteiger partial charge in [0, 0.05) is 11.1 Å². The molecule has 2 aromatic rings. The molecule has 0 fully saturated rings. The third kappa shape index (κ3) is 1.53. The minimum Gasteiger partial charge on any atom is -0.424 e. The number of nitrogen functional groups attached to an aromatic ring is 1. The van der Waals surface area contributed by atoms with E-state index in [2.05, 4.69) is 31.7 Å². The lowest BCUT2D eigenvalue weighted by atomic mass is 9.83. The number of oxazole rings is 1. The number of benzene rings is 1. The lowest BCUT2D eigenvalue weighted by Gasteiger charge is -2.20. The second kappa shape index (κ2) is 3.28. The van der Waals surface area contributed by atoms with E-state index in [0.717, 1.165) is 16.6 Å². The van der Waals surface area contributed by atoms with Crippen LogP contribution >= 0.6 is 0 Å². The average molecular weight is 214 g/mol. The summed E-state index contributed by atoms with van der Waals surface area (Å²) in [5, 5.41) is 0. The van der Waals surface area contributed by atoms with Crippen LogP contribution in [0.15, 0.2) is 16.5 Å². The average Bonchev–Trinajstić information content (AvgIpc) is 2.54. The van der Waals surface area contributed by atoms with Crippen molar-refractivity contribution in [2.24, 2.45) is 0 Å². The van der Waals surface area contributed by atoms with Crippen molar-refractivity contribution < 1.29 is 4.42 Å². The second-order valence-corrected chi connectivity index (χ2v) is 4.78. The lowest BCUT2D eigenvalue weighted by molar-refractivity contribution is 0.592. The molecule has 0 saturated heterocycles. The zero-order chi connectivity index (χ0) is 11.9. The minimum absolute atomic E-state index is 0.0927. The Bertz CT molecular complexity index is 582. The lowest BCUT2D eigenvalue weighted by Crippen LogP contribution is -2.14. The van der Waals surface area contributed by atoms with Crippen LogP contribution in [-0.4, -0.2) is 4.98 Å². The number of nitrogens with zero attached hydrogens (tertiary/aromatic N) is 1. The standard InChI is InChI=1S/C13H14N2O/c1-5-8-6-7-9-11(15-12(14)16-9)10(8)13(2,3)4/h1,6-7H,2-4H3,(H2,14,15). The van der Waals surface area contributed by atoms with Crippen LogP contribution in [0.5, 0.6) is 0 Å². The smallest absolute Gasteiger partial charge is 0.292 e. The van der Waals surface area contributed by atoms with E-state index in [1.807, 2.05) is 12.1 Å². The summed E-state index contributed by atoms with van der Waals surface area (Å²) < 4.78 is 5.30. The van der Waals surface area contributed by atoms with Crippen LogP contribution in [0.25, 0.3) is 11.1 Å². The van der Waals surface area contributed by atoms with Gasteiger partial charge in [-0.25, -0.2) is 0 Å². The van der Waals surface area contributed by atoms with E-state index in [9.17, 15) is 0 Å². The van der Waals surface area contributed by atoms with Crippen molar-refractivity contribution in [1.29, 1.82) is 0 Å². The van der Waals surface area contributed by atoms with E-state index in [-0.39, 0.29) is 11.4 Å². The predicted octanol–water partition coefficient (Wildman–Crippen LogP) is 2.69. The third-order valence-electron chi connectivity index (χ3n) is 2.48. The Morgan fingerprint density at radius 3 is 2.62 bits per heavy atom. The van der Waals surface area contributed by atoms with Crippen LogP contribution in [0.3, 0.4) is 0 Å². The number of anilines is 1. The molecule has 1 heterocycles. The van der Waals surface area contributed by atoms with Crippen LogP contribution in [-0.2, 0) is 5.41 Å². The summed E-state index contributed by atoms with van der Waals surface area (Å²) in [5.74, 6) is 2.68. The number of nitrogens with two attached hydrogens (primary N) is 1. The molecule has 1 aromatic heterocycles. The molecule has 0 atom stereocenters. The monoisotopic (exact) mass is 214 g/mol. The molecular weight excluding hydrogens is 200 g/mol. The van der Waals surface area contributed by atoms with E-state index in [4.69, 9.17) is 16.6 Å². The fraction of sp³-hybridized carbons (Fsp3) is 0.308. The van der Waals surface area contributed by atoms with Gasteiger partial charge in [0.2, 0.25) is 0 Å². The van der Waals surface area contributed by atoms with Crippen LogP contribution in [0.2, 0.25) is 0 Å². The summed E-state index contributed by atoms with van der Waals surface area (Å²) >= 11 is 0. The molecular formula is C13H14N2O. The van der Waals surface area contributed by atoms with Gasteiger partial charge in [0.1, 0.15) is 5.52 Å². The van der Waals surface area contributed by atoms with Gasteiger partial charge in [0.25, 0.3) is 6.01 Å². The quantitative estimate of drug-likeness (QED) is 0.686. The summed E-state index contributed by atoms with van der Waals surface area (Å²) in [6.07, 6.45) is 5.51. The van der Waals surface area contributed by atoms with E-state index in [1.165, 1.54) is 0 Å². The normalized spacial score (nSPS) is 11.6. The highest BCUT2D eigenvalue weighted by molar-refractivity contribution is 5.82. The van der Waals surface area contributed by atoms with Gasteiger partial charge >= 0.3 is 0 Å².